The van der Waals surface area contributed by atoms with Gasteiger partial charge in [-0.15, -0.1) is 0 Å². The van der Waals surface area contributed by atoms with Gasteiger partial charge >= 0.3 is 0 Å². The molecule has 1 aliphatic rings. The van der Waals surface area contributed by atoms with Crippen LogP contribution in [0.25, 0.3) is 0 Å². The molecule has 0 spiro atoms. The predicted molar refractivity (Wildman–Crippen MR) is 78.8 cm³/mol. The van der Waals surface area contributed by atoms with Gasteiger partial charge in [-0.3, -0.25) is 9.69 Å². The first-order chi connectivity index (χ1) is 10.0. The van der Waals surface area contributed by atoms with Gasteiger partial charge in [0.25, 0.3) is 5.91 Å². The number of hydrogen-bond donors (Lipinski definition) is 1. The molecule has 6 nitrogen and oxygen atoms in total. The van der Waals surface area contributed by atoms with Gasteiger partial charge in [-0.25, -0.2) is 0 Å². The molecule has 0 aromatic carbocycles. The summed E-state index contributed by atoms with van der Waals surface area (Å²) in [6, 6.07) is 3.18. The van der Waals surface area contributed by atoms with E-state index in [1.165, 1.54) is 12.4 Å². The number of nitrogens with one attached hydrogen (secondary N) is 1. The lowest BCUT2D eigenvalue weighted by Crippen LogP contribution is -2.48. The van der Waals surface area contributed by atoms with Gasteiger partial charge in [-0.2, -0.15) is 4.73 Å². The van der Waals surface area contributed by atoms with Crippen LogP contribution in [-0.2, 0) is 4.74 Å². The maximum Gasteiger partial charge on any atom is 0.257 e. The van der Waals surface area contributed by atoms with Gasteiger partial charge in [-0.1, -0.05) is 13.8 Å². The number of pyridine rings is 1. The number of carbonyl (C=O) groups is 1. The largest absolute Gasteiger partial charge is 0.619 e. The Bertz CT molecular complexity index is 479. The summed E-state index contributed by atoms with van der Waals surface area (Å²) >= 11 is 0. The first kappa shape index (κ1) is 15.7. The van der Waals surface area contributed by atoms with Gasteiger partial charge in [0.2, 0.25) is 0 Å². The number of hydrogen-bond acceptors (Lipinski definition) is 4. The summed E-state index contributed by atoms with van der Waals surface area (Å²) in [5.41, 5.74) is 0.363. The molecular weight excluding hydrogens is 270 g/mol. The van der Waals surface area contributed by atoms with Crippen LogP contribution in [0.5, 0.6) is 0 Å². The van der Waals surface area contributed by atoms with E-state index in [4.69, 9.17) is 4.74 Å². The molecule has 21 heavy (non-hydrogen) atoms. The van der Waals surface area contributed by atoms with Crippen molar-refractivity contribution in [2.75, 3.05) is 32.8 Å². The Morgan fingerprint density at radius 3 is 3.14 bits per heavy atom. The summed E-state index contributed by atoms with van der Waals surface area (Å²) in [5, 5.41) is 14.0. The van der Waals surface area contributed by atoms with E-state index in [1.807, 2.05) is 0 Å². The Kier molecular flexibility index (Phi) is 5.52. The maximum absolute atomic E-state index is 12.0. The minimum Gasteiger partial charge on any atom is -0.619 e. The molecule has 1 unspecified atom stereocenters. The summed E-state index contributed by atoms with van der Waals surface area (Å²) in [5.74, 6) is 0.375. The summed E-state index contributed by atoms with van der Waals surface area (Å²) in [6.07, 6.45) is 2.62. The van der Waals surface area contributed by atoms with Gasteiger partial charge in [-0.05, 0) is 12.0 Å². The van der Waals surface area contributed by atoms with Crippen LogP contribution >= 0.6 is 0 Å². The number of rotatable bonds is 5. The molecule has 2 rings (SSSR count). The number of nitrogens with zero attached hydrogens (tertiary/aromatic N) is 2. The van der Waals surface area contributed by atoms with E-state index >= 15 is 0 Å². The fourth-order valence-electron chi connectivity index (χ4n) is 2.48. The van der Waals surface area contributed by atoms with Crippen molar-refractivity contribution in [1.82, 2.24) is 10.2 Å². The SMILES string of the molecule is CC(C)CN1CCOC(CNC(=O)c2ccc[n+]([O-])c2)C1. The molecular formula is C15H23N3O3. The quantitative estimate of drug-likeness (QED) is 0.630. The fourth-order valence-corrected chi connectivity index (χ4v) is 2.48. The highest BCUT2D eigenvalue weighted by Crippen LogP contribution is 2.07. The topological polar surface area (TPSA) is 68.5 Å². The van der Waals surface area contributed by atoms with Gasteiger partial charge in [0, 0.05) is 32.2 Å². The van der Waals surface area contributed by atoms with Crippen LogP contribution in [-0.4, -0.2) is 49.7 Å². The third-order valence-electron chi connectivity index (χ3n) is 3.37. The standard InChI is InChI=1S/C15H23N3O3/c1-12(2)9-17-6-7-21-14(11-17)8-16-15(19)13-4-3-5-18(20)10-13/h3-5,10,12,14H,6-9,11H2,1-2H3,(H,16,19). The molecule has 1 fully saturated rings. The second kappa shape index (κ2) is 7.38. The van der Waals surface area contributed by atoms with E-state index in [2.05, 4.69) is 24.1 Å². The third kappa shape index (κ3) is 4.99. The van der Waals surface area contributed by atoms with Crippen molar-refractivity contribution in [2.45, 2.75) is 20.0 Å². The highest BCUT2D eigenvalue weighted by atomic mass is 16.5. The van der Waals surface area contributed by atoms with Crippen molar-refractivity contribution in [2.24, 2.45) is 5.92 Å². The summed E-state index contributed by atoms with van der Waals surface area (Å²) in [7, 11) is 0. The number of morpholine rings is 1. The Morgan fingerprint density at radius 1 is 1.62 bits per heavy atom. The first-order valence-electron chi connectivity index (χ1n) is 7.35. The number of carbonyl (C=O) groups excluding carboxylic acids is 1. The second-order valence-corrected chi connectivity index (χ2v) is 5.81. The van der Waals surface area contributed by atoms with E-state index in [0.717, 1.165) is 19.6 Å². The minimum absolute atomic E-state index is 0.00420. The molecule has 6 heteroatoms. The smallest absolute Gasteiger partial charge is 0.257 e. The van der Waals surface area contributed by atoms with Crippen LogP contribution in [0.3, 0.4) is 0 Å². The summed E-state index contributed by atoms with van der Waals surface area (Å²) < 4.78 is 6.30. The predicted octanol–water partition coefficient (Wildman–Crippen LogP) is 0.407. The molecule has 1 saturated heterocycles. The van der Waals surface area contributed by atoms with Crippen LogP contribution in [0.1, 0.15) is 24.2 Å². The Hall–Kier alpha value is -1.66. The van der Waals surface area contributed by atoms with Crippen LogP contribution in [0.15, 0.2) is 24.5 Å². The van der Waals surface area contributed by atoms with Crippen LogP contribution in [0.4, 0.5) is 0 Å². The second-order valence-electron chi connectivity index (χ2n) is 5.81. The normalized spacial score (nSPS) is 19.7. The molecule has 1 aromatic heterocycles. The van der Waals surface area contributed by atoms with Gasteiger partial charge in [0.15, 0.2) is 12.4 Å². The van der Waals surface area contributed by atoms with Gasteiger partial charge in [0.1, 0.15) is 5.56 Å². The molecule has 2 heterocycles. The monoisotopic (exact) mass is 293 g/mol. The van der Waals surface area contributed by atoms with Crippen molar-refractivity contribution in [1.29, 1.82) is 0 Å². The average Bonchev–Trinajstić information content (AvgIpc) is 2.44. The average molecular weight is 293 g/mol. The van der Waals surface area contributed by atoms with Crippen molar-refractivity contribution in [3.05, 3.63) is 35.3 Å². The lowest BCUT2D eigenvalue weighted by atomic mass is 10.1. The van der Waals surface area contributed by atoms with E-state index < -0.39 is 0 Å². The highest BCUT2D eigenvalue weighted by molar-refractivity contribution is 5.93. The molecule has 1 N–H and O–H groups in total. The van der Waals surface area contributed by atoms with E-state index in [0.29, 0.717) is 29.4 Å². The molecule has 1 aromatic rings. The fraction of sp³-hybridized carbons (Fsp3) is 0.600. The molecule has 0 bridgehead atoms. The minimum atomic E-state index is -0.246. The summed E-state index contributed by atoms with van der Waals surface area (Å²) in [4.78, 5) is 14.3. The molecule has 1 aliphatic heterocycles. The van der Waals surface area contributed by atoms with Crippen molar-refractivity contribution in [3.63, 3.8) is 0 Å². The third-order valence-corrected chi connectivity index (χ3v) is 3.37. The van der Waals surface area contributed by atoms with Gasteiger partial charge < -0.3 is 15.3 Å². The summed E-state index contributed by atoms with van der Waals surface area (Å²) in [6.45, 7) is 8.36. The van der Waals surface area contributed by atoms with Crippen molar-refractivity contribution in [3.8, 4) is 0 Å². The molecule has 116 valence electrons. The molecule has 0 radical (unpaired) electrons. The van der Waals surface area contributed by atoms with E-state index in [-0.39, 0.29) is 12.0 Å². The zero-order valence-corrected chi connectivity index (χ0v) is 12.6. The first-order valence-corrected chi connectivity index (χ1v) is 7.35. The Morgan fingerprint density at radius 2 is 2.43 bits per heavy atom. The van der Waals surface area contributed by atoms with Crippen LogP contribution in [0.2, 0.25) is 0 Å². The highest BCUT2D eigenvalue weighted by Gasteiger charge is 2.21. The molecule has 0 aliphatic carbocycles. The van der Waals surface area contributed by atoms with E-state index in [1.54, 1.807) is 12.1 Å². The number of aromatic nitrogens is 1. The zero-order valence-electron chi connectivity index (χ0n) is 12.6. The Labute approximate surface area is 125 Å². The maximum atomic E-state index is 12.0. The number of ether oxygens (including phenoxy) is 1. The van der Waals surface area contributed by atoms with Crippen LogP contribution < -0.4 is 10.0 Å². The van der Waals surface area contributed by atoms with Crippen LogP contribution in [0, 0.1) is 11.1 Å². The zero-order chi connectivity index (χ0) is 15.2. The van der Waals surface area contributed by atoms with Crippen molar-refractivity contribution < 1.29 is 14.3 Å². The molecule has 0 saturated carbocycles. The molecule has 1 amide bonds. The molecule has 1 atom stereocenters. The van der Waals surface area contributed by atoms with E-state index in [9.17, 15) is 10.0 Å². The number of amides is 1. The lowest BCUT2D eigenvalue weighted by molar-refractivity contribution is -0.605. The van der Waals surface area contributed by atoms with Gasteiger partial charge in [0.05, 0.1) is 12.7 Å². The lowest BCUT2D eigenvalue weighted by Gasteiger charge is -2.33. The van der Waals surface area contributed by atoms with Crippen molar-refractivity contribution >= 4 is 5.91 Å². The Balaban J connectivity index is 1.81.